The second-order valence-corrected chi connectivity index (χ2v) is 3.07. The van der Waals surface area contributed by atoms with E-state index in [1.54, 1.807) is 6.07 Å². The first-order valence-corrected chi connectivity index (χ1v) is 4.66. The van der Waals surface area contributed by atoms with Crippen molar-refractivity contribution in [3.63, 3.8) is 0 Å². The van der Waals surface area contributed by atoms with Gasteiger partial charge in [-0.15, -0.1) is 0 Å². The van der Waals surface area contributed by atoms with Crippen molar-refractivity contribution in [3.8, 4) is 0 Å². The van der Waals surface area contributed by atoms with Gasteiger partial charge < -0.3 is 0 Å². The van der Waals surface area contributed by atoms with Gasteiger partial charge in [-0.05, 0) is 25.5 Å². The predicted octanol–water partition coefficient (Wildman–Crippen LogP) is 3.49. The van der Waals surface area contributed by atoms with Crippen molar-refractivity contribution in [2.24, 2.45) is 5.11 Å². The fraction of sp³-hybridized carbons (Fsp3) is 0.400. The molecule has 0 fully saturated rings. The van der Waals surface area contributed by atoms with Gasteiger partial charge in [-0.25, -0.2) is 5.53 Å². The Morgan fingerprint density at radius 2 is 2.21 bits per heavy atom. The van der Waals surface area contributed by atoms with Gasteiger partial charge in [-0.1, -0.05) is 19.1 Å². The number of hydrogen-bond acceptors (Lipinski definition) is 4. The smallest absolute Gasteiger partial charge is 0.110 e. The van der Waals surface area contributed by atoms with Crippen LogP contribution in [-0.4, -0.2) is 6.10 Å². The van der Waals surface area contributed by atoms with Gasteiger partial charge in [-0.3, -0.25) is 10.3 Å². The van der Waals surface area contributed by atoms with E-state index in [1.165, 1.54) is 0 Å². The van der Waals surface area contributed by atoms with Crippen molar-refractivity contribution in [2.75, 3.05) is 5.48 Å². The van der Waals surface area contributed by atoms with Crippen LogP contribution in [-0.2, 0) is 4.84 Å². The molecule has 4 heteroatoms. The highest BCUT2D eigenvalue weighted by Crippen LogP contribution is 2.23. The van der Waals surface area contributed by atoms with E-state index in [0.717, 1.165) is 12.1 Å². The number of benzene rings is 1. The van der Waals surface area contributed by atoms with Gasteiger partial charge in [0, 0.05) is 0 Å². The fourth-order valence-corrected chi connectivity index (χ4v) is 0.905. The van der Waals surface area contributed by atoms with Crippen LogP contribution < -0.4 is 5.48 Å². The van der Waals surface area contributed by atoms with Gasteiger partial charge in [0.15, 0.2) is 0 Å². The molecule has 1 aromatic carbocycles. The number of nitrogens with one attached hydrogen (secondary N) is 2. The Kier molecular flexibility index (Phi) is 4.07. The molecule has 1 atom stereocenters. The maximum Gasteiger partial charge on any atom is 0.110 e. The molecule has 0 radical (unpaired) electrons. The summed E-state index contributed by atoms with van der Waals surface area (Å²) in [6, 6.07) is 7.30. The number of nitrogens with zero attached hydrogens (tertiary/aromatic N) is 1. The Morgan fingerprint density at radius 3 is 2.86 bits per heavy atom. The quantitative estimate of drug-likeness (QED) is 0.555. The lowest BCUT2D eigenvalue weighted by molar-refractivity contribution is 0.112. The van der Waals surface area contributed by atoms with Gasteiger partial charge in [-0.2, -0.15) is 5.11 Å². The molecule has 0 saturated carbocycles. The summed E-state index contributed by atoms with van der Waals surface area (Å²) in [5.41, 5.74) is 11.1. The minimum atomic E-state index is 0.147. The van der Waals surface area contributed by atoms with Crippen molar-refractivity contribution >= 4 is 11.4 Å². The van der Waals surface area contributed by atoms with Gasteiger partial charge in [0.05, 0.1) is 11.8 Å². The summed E-state index contributed by atoms with van der Waals surface area (Å²) in [6.07, 6.45) is 1.08. The van der Waals surface area contributed by atoms with E-state index in [4.69, 9.17) is 10.4 Å². The second kappa shape index (κ2) is 5.34. The molecule has 1 unspecified atom stereocenters. The van der Waals surface area contributed by atoms with E-state index < -0.39 is 0 Å². The molecule has 2 N–H and O–H groups in total. The topological polar surface area (TPSA) is 57.5 Å². The Balaban J connectivity index is 2.61. The molecule has 14 heavy (non-hydrogen) atoms. The minimum absolute atomic E-state index is 0.147. The number of para-hydroxylation sites is 2. The Morgan fingerprint density at radius 1 is 1.50 bits per heavy atom. The maximum absolute atomic E-state index is 6.94. The van der Waals surface area contributed by atoms with Crippen LogP contribution in [0.2, 0.25) is 0 Å². The van der Waals surface area contributed by atoms with Crippen LogP contribution in [0, 0.1) is 5.53 Å². The number of hydrogen-bond donors (Lipinski definition) is 2. The summed E-state index contributed by atoms with van der Waals surface area (Å²) < 4.78 is 0. The van der Waals surface area contributed by atoms with Crippen molar-refractivity contribution < 1.29 is 4.84 Å². The largest absolute Gasteiger partial charge is 0.273 e. The summed E-state index contributed by atoms with van der Waals surface area (Å²) in [5.74, 6) is 0. The summed E-state index contributed by atoms with van der Waals surface area (Å²) in [6.45, 7) is 4.03. The van der Waals surface area contributed by atoms with Crippen molar-refractivity contribution in [1.29, 1.82) is 5.53 Å². The van der Waals surface area contributed by atoms with E-state index in [-0.39, 0.29) is 6.10 Å². The molecule has 0 aromatic heterocycles. The van der Waals surface area contributed by atoms with E-state index in [2.05, 4.69) is 10.6 Å². The molecule has 0 amide bonds. The van der Waals surface area contributed by atoms with Crippen molar-refractivity contribution in [3.05, 3.63) is 24.3 Å². The molecule has 0 aliphatic heterocycles. The van der Waals surface area contributed by atoms with Crippen LogP contribution in [0.15, 0.2) is 29.4 Å². The second-order valence-electron chi connectivity index (χ2n) is 3.07. The summed E-state index contributed by atoms with van der Waals surface area (Å²) in [4.78, 5) is 5.33. The molecule has 76 valence electrons. The Labute approximate surface area is 83.7 Å². The summed E-state index contributed by atoms with van der Waals surface area (Å²) in [7, 11) is 0. The highest BCUT2D eigenvalue weighted by molar-refractivity contribution is 5.63. The molecular formula is C10H15N3O. The van der Waals surface area contributed by atoms with Crippen LogP contribution in [0.4, 0.5) is 11.4 Å². The van der Waals surface area contributed by atoms with Crippen LogP contribution in [0.3, 0.4) is 0 Å². The SMILES string of the molecule is CCC(C)ONc1ccccc1N=N. The Hall–Kier alpha value is -1.42. The maximum atomic E-state index is 6.94. The molecule has 1 aromatic rings. The molecule has 0 bridgehead atoms. The third-order valence-electron chi connectivity index (χ3n) is 1.97. The van der Waals surface area contributed by atoms with E-state index in [1.807, 2.05) is 32.0 Å². The zero-order chi connectivity index (χ0) is 10.4. The zero-order valence-corrected chi connectivity index (χ0v) is 8.45. The molecular weight excluding hydrogens is 178 g/mol. The standard InChI is InChI=1S/C10H15N3O/c1-3-8(2)14-13-10-7-5-4-6-9(10)12-11/h4-8,11,13H,3H2,1-2H3. The van der Waals surface area contributed by atoms with Crippen LogP contribution >= 0.6 is 0 Å². The van der Waals surface area contributed by atoms with Gasteiger partial charge in [0.25, 0.3) is 0 Å². The average molecular weight is 193 g/mol. The van der Waals surface area contributed by atoms with E-state index in [9.17, 15) is 0 Å². The highest BCUT2D eigenvalue weighted by atomic mass is 16.7. The lowest BCUT2D eigenvalue weighted by Gasteiger charge is -2.12. The minimum Gasteiger partial charge on any atom is -0.273 e. The zero-order valence-electron chi connectivity index (χ0n) is 8.45. The first-order chi connectivity index (χ1) is 6.77. The molecule has 0 saturated heterocycles. The summed E-state index contributed by atoms with van der Waals surface area (Å²) >= 11 is 0. The monoisotopic (exact) mass is 193 g/mol. The van der Waals surface area contributed by atoms with Crippen LogP contribution in [0.25, 0.3) is 0 Å². The fourth-order valence-electron chi connectivity index (χ4n) is 0.905. The lowest BCUT2D eigenvalue weighted by atomic mass is 10.3. The Bertz CT molecular complexity index is 301. The molecule has 0 heterocycles. The molecule has 0 aliphatic carbocycles. The lowest BCUT2D eigenvalue weighted by Crippen LogP contribution is -2.11. The normalized spacial score (nSPS) is 12.1. The third-order valence-corrected chi connectivity index (χ3v) is 1.97. The first kappa shape index (κ1) is 10.7. The van der Waals surface area contributed by atoms with Crippen LogP contribution in [0.1, 0.15) is 20.3 Å². The first-order valence-electron chi connectivity index (χ1n) is 4.66. The van der Waals surface area contributed by atoms with Crippen molar-refractivity contribution in [2.45, 2.75) is 26.4 Å². The molecule has 0 aliphatic rings. The predicted molar refractivity (Wildman–Crippen MR) is 55.7 cm³/mol. The van der Waals surface area contributed by atoms with Crippen LogP contribution in [0.5, 0.6) is 0 Å². The van der Waals surface area contributed by atoms with Gasteiger partial charge in [0.1, 0.15) is 5.69 Å². The van der Waals surface area contributed by atoms with Gasteiger partial charge >= 0.3 is 0 Å². The molecule has 0 spiro atoms. The third kappa shape index (κ3) is 2.81. The summed E-state index contributed by atoms with van der Waals surface area (Å²) in [5, 5.41) is 3.38. The molecule has 1 rings (SSSR count). The number of anilines is 1. The van der Waals surface area contributed by atoms with E-state index in [0.29, 0.717) is 5.69 Å². The van der Waals surface area contributed by atoms with Crippen molar-refractivity contribution in [1.82, 2.24) is 0 Å². The highest BCUT2D eigenvalue weighted by Gasteiger charge is 2.02. The molecule has 4 nitrogen and oxygen atoms in total. The van der Waals surface area contributed by atoms with E-state index >= 15 is 0 Å². The number of rotatable bonds is 5. The average Bonchev–Trinajstić information content (AvgIpc) is 2.26. The van der Waals surface area contributed by atoms with Gasteiger partial charge in [0.2, 0.25) is 0 Å².